The molecular formula is C3H7Al. The van der Waals surface area contributed by atoms with E-state index in [9.17, 15) is 0 Å². The molecule has 0 aliphatic carbocycles. The minimum atomic E-state index is 0. The maximum absolute atomic E-state index is 3.46. The molecule has 1 heteroatoms. The Morgan fingerprint density at radius 2 is 2.50 bits per heavy atom. The third kappa shape index (κ3) is 2.27. The van der Waals surface area contributed by atoms with Crippen LogP contribution in [0.4, 0.5) is 0 Å². The Bertz CT molecular complexity index is 22.8. The zero-order chi connectivity index (χ0) is 3.41. The minimum Gasteiger partial charge on any atom is -1.00 e. The summed E-state index contributed by atoms with van der Waals surface area (Å²) in [7, 11) is 0. The second-order valence-corrected chi connectivity index (χ2v) is 0.996. The van der Waals surface area contributed by atoms with Crippen molar-refractivity contribution in [2.45, 2.75) is 5.28 Å². The van der Waals surface area contributed by atoms with Gasteiger partial charge in [0, 0.05) is 0 Å². The van der Waals surface area contributed by atoms with E-state index in [0.717, 1.165) is 5.28 Å². The molecule has 0 heterocycles. The van der Waals surface area contributed by atoms with E-state index in [1.807, 2.05) is 6.08 Å². The molecule has 0 aliphatic heterocycles. The molecule has 0 saturated heterocycles. The van der Waals surface area contributed by atoms with Crippen LogP contribution in [-0.4, -0.2) is 16.3 Å². The molecule has 0 spiro atoms. The predicted octanol–water partition coefficient (Wildman–Crippen LogP) is 0.984. The Morgan fingerprint density at radius 1 is 2.25 bits per heavy atom. The van der Waals surface area contributed by atoms with Crippen LogP contribution in [0.3, 0.4) is 0 Å². The molecule has 0 N–H and O–H groups in total. The molecule has 0 nitrogen and oxygen atoms in total. The van der Waals surface area contributed by atoms with Gasteiger partial charge in [-0.05, 0) is 0 Å². The van der Waals surface area contributed by atoms with Crippen molar-refractivity contribution in [3.8, 4) is 0 Å². The Labute approximate surface area is 37.9 Å². The average molecular weight is 70.1 g/mol. The average Bonchev–Trinajstić information content (AvgIpc) is 1.37. The van der Waals surface area contributed by atoms with Crippen LogP contribution in [0.15, 0.2) is 12.7 Å². The SMILES string of the molecule is C=C[CH2][Al+2].[H-].[H-]. The number of rotatable bonds is 1. The van der Waals surface area contributed by atoms with Crippen molar-refractivity contribution in [3.05, 3.63) is 12.7 Å². The van der Waals surface area contributed by atoms with E-state index in [2.05, 4.69) is 22.9 Å². The second-order valence-electron chi connectivity index (χ2n) is 0.524. The molecule has 22 valence electrons. The Morgan fingerprint density at radius 3 is 2.50 bits per heavy atom. The summed E-state index contributed by atoms with van der Waals surface area (Å²) >= 11 is 2.54. The summed E-state index contributed by atoms with van der Waals surface area (Å²) in [5.74, 6) is 0. The Balaban J connectivity index is -0.0000000450. The first-order valence-corrected chi connectivity index (χ1v) is 2.04. The van der Waals surface area contributed by atoms with Gasteiger partial charge in [0.25, 0.3) is 0 Å². The van der Waals surface area contributed by atoms with Crippen molar-refractivity contribution < 1.29 is 2.85 Å². The Hall–Kier alpha value is 0.272. The van der Waals surface area contributed by atoms with Gasteiger partial charge < -0.3 is 2.85 Å². The van der Waals surface area contributed by atoms with E-state index in [1.165, 1.54) is 0 Å². The van der Waals surface area contributed by atoms with Crippen LogP contribution in [0.25, 0.3) is 0 Å². The monoisotopic (exact) mass is 70.0 g/mol. The van der Waals surface area contributed by atoms with Crippen molar-refractivity contribution in [2.75, 3.05) is 0 Å². The molecule has 0 amide bonds. The Kier molecular flexibility index (Phi) is 3.50. The molecule has 0 atom stereocenters. The first-order valence-electron chi connectivity index (χ1n) is 1.22. The summed E-state index contributed by atoms with van der Waals surface area (Å²) in [6, 6.07) is 0. The van der Waals surface area contributed by atoms with Gasteiger partial charge in [-0.2, -0.15) is 0 Å². The van der Waals surface area contributed by atoms with Crippen LogP contribution in [0, 0.1) is 0 Å². The molecule has 0 aromatic heterocycles. The fourth-order valence-corrected chi connectivity index (χ4v) is 0. The molecule has 0 bridgehead atoms. The van der Waals surface area contributed by atoms with Crippen LogP contribution >= 0.6 is 0 Å². The molecule has 0 fully saturated rings. The van der Waals surface area contributed by atoms with Gasteiger partial charge in [0.2, 0.25) is 0 Å². The van der Waals surface area contributed by atoms with Crippen molar-refractivity contribution in [1.29, 1.82) is 0 Å². The van der Waals surface area contributed by atoms with Crippen LogP contribution in [-0.2, 0) is 0 Å². The fraction of sp³-hybridized carbons (Fsp3) is 0.333. The van der Waals surface area contributed by atoms with E-state index in [0.29, 0.717) is 0 Å². The summed E-state index contributed by atoms with van der Waals surface area (Å²) in [5.41, 5.74) is 0. The fourth-order valence-electron chi connectivity index (χ4n) is 0. The summed E-state index contributed by atoms with van der Waals surface area (Å²) in [5, 5.41) is 1.00. The van der Waals surface area contributed by atoms with Gasteiger partial charge >= 0.3 is 34.2 Å². The molecular weight excluding hydrogens is 63.0 g/mol. The normalized spacial score (nSPS) is 6.50. The second kappa shape index (κ2) is 3.27. The van der Waals surface area contributed by atoms with E-state index in [-0.39, 0.29) is 2.85 Å². The van der Waals surface area contributed by atoms with Gasteiger partial charge in [0.1, 0.15) is 0 Å². The standard InChI is InChI=1S/C3H5.Al.2H/c1-3-2;;;/h3H,1-2H2;;;/q;+2;2*-1. The van der Waals surface area contributed by atoms with Crippen molar-refractivity contribution >= 4 is 16.3 Å². The molecule has 4 heavy (non-hydrogen) atoms. The predicted molar refractivity (Wildman–Crippen MR) is 23.0 cm³/mol. The summed E-state index contributed by atoms with van der Waals surface area (Å²) in [6.45, 7) is 3.46. The summed E-state index contributed by atoms with van der Waals surface area (Å²) < 4.78 is 0. The first-order chi connectivity index (χ1) is 1.91. The third-order valence-electron chi connectivity index (χ3n) is 0.167. The van der Waals surface area contributed by atoms with Gasteiger partial charge in [-0.1, -0.05) is 0 Å². The van der Waals surface area contributed by atoms with E-state index in [4.69, 9.17) is 0 Å². The molecule has 0 rings (SSSR count). The van der Waals surface area contributed by atoms with Crippen LogP contribution in [0.1, 0.15) is 2.85 Å². The first kappa shape index (κ1) is 4.27. The molecule has 0 saturated carbocycles. The van der Waals surface area contributed by atoms with Gasteiger partial charge in [-0.25, -0.2) is 0 Å². The zero-order valence-corrected chi connectivity index (χ0v) is 3.72. The minimum absolute atomic E-state index is 0. The van der Waals surface area contributed by atoms with Gasteiger partial charge in [0.15, 0.2) is 0 Å². The molecule has 0 radical (unpaired) electrons. The van der Waals surface area contributed by atoms with E-state index >= 15 is 0 Å². The summed E-state index contributed by atoms with van der Waals surface area (Å²) in [6.07, 6.45) is 1.84. The quantitative estimate of drug-likeness (QED) is 0.318. The van der Waals surface area contributed by atoms with Gasteiger partial charge in [0.05, 0.1) is 0 Å². The van der Waals surface area contributed by atoms with Crippen molar-refractivity contribution in [3.63, 3.8) is 0 Å². The maximum atomic E-state index is 3.46. The van der Waals surface area contributed by atoms with Crippen LogP contribution < -0.4 is 0 Å². The molecule has 0 aromatic carbocycles. The smallest absolute Gasteiger partial charge is 1.00 e. The topological polar surface area (TPSA) is 0 Å². The largest absolute Gasteiger partial charge is 1.00 e. The van der Waals surface area contributed by atoms with Gasteiger partial charge in [-0.15, -0.1) is 0 Å². The molecule has 0 unspecified atom stereocenters. The summed E-state index contributed by atoms with van der Waals surface area (Å²) in [4.78, 5) is 0. The molecule has 0 aromatic rings. The number of hydrogen-bond acceptors (Lipinski definition) is 0. The van der Waals surface area contributed by atoms with E-state index < -0.39 is 0 Å². The zero-order valence-electron chi connectivity index (χ0n) is 4.57. The van der Waals surface area contributed by atoms with Crippen molar-refractivity contribution in [1.82, 2.24) is 0 Å². The third-order valence-corrected chi connectivity index (χ3v) is 0.500. The molecule has 0 aliphatic rings. The van der Waals surface area contributed by atoms with Crippen LogP contribution in [0.2, 0.25) is 5.28 Å². The maximum Gasteiger partial charge on any atom is -1.00 e. The number of allylic oxidation sites excluding steroid dienone is 1. The number of hydrogen-bond donors (Lipinski definition) is 0. The van der Waals surface area contributed by atoms with Crippen molar-refractivity contribution in [2.24, 2.45) is 0 Å². The van der Waals surface area contributed by atoms with E-state index in [1.54, 1.807) is 0 Å². The van der Waals surface area contributed by atoms with Crippen LogP contribution in [0.5, 0.6) is 0 Å². The van der Waals surface area contributed by atoms with Gasteiger partial charge in [-0.3, -0.25) is 0 Å².